The zero-order chi connectivity index (χ0) is 48.4. The van der Waals surface area contributed by atoms with E-state index in [1.54, 1.807) is 12.4 Å². The fourth-order valence-corrected chi connectivity index (χ4v) is 8.47. The molecule has 0 spiro atoms. The van der Waals surface area contributed by atoms with Gasteiger partial charge in [0.1, 0.15) is 36.0 Å². The molecule has 10 rings (SSSR count). The number of hydrogen-bond acceptors (Lipinski definition) is 10. The van der Waals surface area contributed by atoms with Crippen LogP contribution in [0.15, 0.2) is 158 Å². The topological polar surface area (TPSA) is 173 Å². The zero-order valence-corrected chi connectivity index (χ0v) is 41.3. The molecule has 2 N–H and O–H groups in total. The molecule has 0 bridgehead atoms. The van der Waals surface area contributed by atoms with Crippen molar-refractivity contribution in [3.63, 3.8) is 0 Å². The van der Waals surface area contributed by atoms with E-state index in [4.69, 9.17) is 42.4 Å². The quantitative estimate of drug-likeness (QED) is 0.0681. The summed E-state index contributed by atoms with van der Waals surface area (Å²) in [5.41, 5.74) is 9.25. The second-order valence-electron chi connectivity index (χ2n) is 16.6. The number of ether oxygens (including phenoxy) is 3. The molecular formula is C56H49Cl2LiN6O7. The number of para-hydroxylation sites is 2. The molecule has 0 aliphatic heterocycles. The third-order valence-electron chi connectivity index (χ3n) is 11.7. The molecule has 0 unspecified atom stereocenters. The average Bonchev–Trinajstić information content (AvgIpc) is 3.90. The number of aliphatic carboxylic acids is 1. The third kappa shape index (κ3) is 13.4. The Hall–Kier alpha value is -7.24. The summed E-state index contributed by atoms with van der Waals surface area (Å²) in [5, 5.41) is 14.6. The predicted octanol–water partition coefficient (Wildman–Crippen LogP) is 9.07. The van der Waals surface area contributed by atoms with Crippen molar-refractivity contribution in [1.29, 1.82) is 0 Å². The predicted molar refractivity (Wildman–Crippen MR) is 276 cm³/mol. The molecule has 0 saturated carbocycles. The number of aromatic nitrogens is 6. The van der Waals surface area contributed by atoms with E-state index in [1.165, 1.54) is 0 Å². The van der Waals surface area contributed by atoms with Gasteiger partial charge in [0.15, 0.2) is 0 Å². The summed E-state index contributed by atoms with van der Waals surface area (Å²) < 4.78 is 21.3. The van der Waals surface area contributed by atoms with Crippen molar-refractivity contribution >= 4 is 79.0 Å². The first-order chi connectivity index (χ1) is 34.1. The molecule has 0 atom stereocenters. The fraction of sp³-hybridized carbons (Fsp3) is 0.179. The molecule has 13 nitrogen and oxygen atoms in total. The van der Waals surface area contributed by atoms with Crippen LogP contribution in [-0.2, 0) is 53.5 Å². The van der Waals surface area contributed by atoms with Crippen LogP contribution in [0.3, 0.4) is 0 Å². The van der Waals surface area contributed by atoms with Crippen LogP contribution in [0.1, 0.15) is 53.7 Å². The van der Waals surface area contributed by atoms with Gasteiger partial charge in [-0.05, 0) is 104 Å². The van der Waals surface area contributed by atoms with Crippen LogP contribution in [-0.4, -0.2) is 58.2 Å². The van der Waals surface area contributed by atoms with Crippen LogP contribution in [0.25, 0.3) is 43.9 Å². The largest absolute Gasteiger partial charge is 1.00 e. The summed E-state index contributed by atoms with van der Waals surface area (Å²) in [4.78, 5) is 41.9. The van der Waals surface area contributed by atoms with E-state index in [-0.39, 0.29) is 36.7 Å². The molecule has 6 heterocycles. The Morgan fingerprint density at radius 1 is 0.569 bits per heavy atom. The van der Waals surface area contributed by atoms with Gasteiger partial charge < -0.3 is 33.9 Å². The van der Waals surface area contributed by atoms with Gasteiger partial charge in [0.25, 0.3) is 0 Å². The van der Waals surface area contributed by atoms with Gasteiger partial charge in [0.2, 0.25) is 0 Å². The van der Waals surface area contributed by atoms with E-state index in [0.717, 1.165) is 77.8 Å². The Morgan fingerprint density at radius 3 is 1.46 bits per heavy atom. The first-order valence-corrected chi connectivity index (χ1v) is 23.7. The zero-order valence-electron chi connectivity index (χ0n) is 39.7. The maximum absolute atomic E-state index is 12.0. The standard InChI is InChI=1S/C29H26ClN3O3.C27H22ClN3O3.Li.H2O/c1-2-35-28(34)14-13-25-15-22-16-26(36-19-24-12-9-21-5-3-4-6-27(21)32-24)17-31-29(22)33(25)18-20-7-10-23(30)11-8-20;28-21-8-5-18(6-9-21)16-31-23(11-12-26(32)33)13-20-14-24(15-29-27(20)31)34-17-22-10-7-19-3-1-2-4-25(19)30-22;;/h3-12,15-17H,2,13-14,18-19H2,1H3;1-10,13-15H,11-12,16-17H2,(H,32,33);;1H2/q;;+1;/p-1. The minimum atomic E-state index is -0.830. The van der Waals surface area contributed by atoms with Crippen molar-refractivity contribution in [2.75, 3.05) is 6.61 Å². The SMILES string of the molecule is CCOC(=O)CCc1cc2cc(OCc3ccc4ccccc4n3)cnc2n1Cc1ccc(Cl)cc1.O=C(O)CCc1cc2cc(OCc3ccc4ccccc4n3)cnc2n1Cc1ccc(Cl)cc1.[Li+].[OH-]. The average molecular weight is 996 g/mol. The number of carbonyl (C=O) groups excluding carboxylic acids is 1. The molecule has 0 amide bonds. The van der Waals surface area contributed by atoms with Gasteiger partial charge in [0, 0.05) is 56.1 Å². The van der Waals surface area contributed by atoms with Crippen LogP contribution in [0.4, 0.5) is 0 Å². The number of pyridine rings is 4. The molecule has 72 heavy (non-hydrogen) atoms. The molecule has 6 aromatic heterocycles. The molecule has 0 aliphatic carbocycles. The van der Waals surface area contributed by atoms with Gasteiger partial charge in [-0.2, -0.15) is 0 Å². The smallest absolute Gasteiger partial charge is 0.870 e. The summed E-state index contributed by atoms with van der Waals surface area (Å²) in [5.74, 6) is 0.262. The molecule has 0 radical (unpaired) electrons. The monoisotopic (exact) mass is 994 g/mol. The van der Waals surface area contributed by atoms with E-state index >= 15 is 0 Å². The minimum Gasteiger partial charge on any atom is -0.870 e. The van der Waals surface area contributed by atoms with Crippen molar-refractivity contribution in [1.82, 2.24) is 29.1 Å². The second kappa shape index (κ2) is 24.7. The molecule has 16 heteroatoms. The van der Waals surface area contributed by atoms with Gasteiger partial charge in [0.05, 0.1) is 54.3 Å². The number of nitrogens with zero attached hydrogens (tertiary/aromatic N) is 6. The minimum absolute atomic E-state index is 0. The van der Waals surface area contributed by atoms with E-state index in [2.05, 4.69) is 36.2 Å². The number of rotatable bonds is 17. The second-order valence-corrected chi connectivity index (χ2v) is 17.5. The summed E-state index contributed by atoms with van der Waals surface area (Å²) in [6, 6.07) is 47.3. The number of esters is 1. The number of carbonyl (C=O) groups is 2. The fourth-order valence-electron chi connectivity index (χ4n) is 8.22. The van der Waals surface area contributed by atoms with Gasteiger partial charge in [-0.25, -0.2) is 19.9 Å². The van der Waals surface area contributed by atoms with Crippen LogP contribution < -0.4 is 28.3 Å². The Labute approximate surface area is 437 Å². The number of benzene rings is 4. The molecule has 0 aliphatic rings. The van der Waals surface area contributed by atoms with E-state index in [1.807, 2.05) is 140 Å². The van der Waals surface area contributed by atoms with Crippen molar-refractivity contribution in [3.8, 4) is 11.5 Å². The van der Waals surface area contributed by atoms with Crippen molar-refractivity contribution in [2.24, 2.45) is 0 Å². The maximum atomic E-state index is 12.0. The number of carboxylic acid groups (broad SMARTS) is 1. The molecule has 4 aromatic carbocycles. The van der Waals surface area contributed by atoms with Crippen LogP contribution in [0.5, 0.6) is 11.5 Å². The molecule has 360 valence electrons. The molecular weight excluding hydrogens is 946 g/mol. The van der Waals surface area contributed by atoms with E-state index in [0.29, 0.717) is 73.7 Å². The third-order valence-corrected chi connectivity index (χ3v) is 12.2. The van der Waals surface area contributed by atoms with Crippen LogP contribution in [0.2, 0.25) is 10.0 Å². The molecule has 0 fully saturated rings. The van der Waals surface area contributed by atoms with Crippen molar-refractivity contribution in [2.45, 2.75) is 58.9 Å². The first kappa shape index (κ1) is 52.6. The first-order valence-electron chi connectivity index (χ1n) is 22.9. The van der Waals surface area contributed by atoms with Gasteiger partial charge in [-0.15, -0.1) is 0 Å². The van der Waals surface area contributed by atoms with Crippen LogP contribution in [0, 0.1) is 0 Å². The van der Waals surface area contributed by atoms with Crippen molar-refractivity contribution in [3.05, 3.63) is 202 Å². The van der Waals surface area contributed by atoms with Gasteiger partial charge in [-0.1, -0.05) is 96.0 Å². The maximum Gasteiger partial charge on any atom is 1.00 e. The normalized spacial score (nSPS) is 10.9. The van der Waals surface area contributed by atoms with E-state index < -0.39 is 5.97 Å². The number of halogens is 2. The summed E-state index contributed by atoms with van der Waals surface area (Å²) in [6.07, 6.45) is 4.76. The molecule has 0 saturated heterocycles. The Kier molecular flexibility index (Phi) is 18.1. The Bertz CT molecular complexity index is 3460. The summed E-state index contributed by atoms with van der Waals surface area (Å²) in [6.45, 7) is 4.06. The molecule has 10 aromatic rings. The Morgan fingerprint density at radius 2 is 1.01 bits per heavy atom. The number of carboxylic acids is 1. The number of hydrogen-bond donors (Lipinski definition) is 1. The van der Waals surface area contributed by atoms with E-state index in [9.17, 15) is 14.7 Å². The number of fused-ring (bicyclic) bond motifs is 4. The van der Waals surface area contributed by atoms with Crippen molar-refractivity contribution < 1.29 is 53.2 Å². The van der Waals surface area contributed by atoms with Gasteiger partial charge >= 0.3 is 30.8 Å². The van der Waals surface area contributed by atoms with Crippen LogP contribution >= 0.6 is 23.2 Å². The Balaban J connectivity index is 0.000000206. The number of aryl methyl sites for hydroxylation is 2. The summed E-state index contributed by atoms with van der Waals surface area (Å²) >= 11 is 12.1. The summed E-state index contributed by atoms with van der Waals surface area (Å²) in [7, 11) is 0. The van der Waals surface area contributed by atoms with Gasteiger partial charge in [-0.3, -0.25) is 9.59 Å².